The molecular formula is C23H23N3O3S. The van der Waals surface area contributed by atoms with Gasteiger partial charge < -0.3 is 14.8 Å². The van der Waals surface area contributed by atoms with Crippen LogP contribution in [-0.2, 0) is 0 Å². The van der Waals surface area contributed by atoms with E-state index in [1.54, 1.807) is 36.6 Å². The number of hydrogen-bond donors (Lipinski definition) is 1. The summed E-state index contributed by atoms with van der Waals surface area (Å²) < 4.78 is 13.1. The average Bonchev–Trinajstić information content (AvgIpc) is 3.35. The molecule has 0 aliphatic rings. The van der Waals surface area contributed by atoms with Crippen molar-refractivity contribution in [3.8, 4) is 22.8 Å². The summed E-state index contributed by atoms with van der Waals surface area (Å²) in [7, 11) is 1.57. The molecule has 0 spiro atoms. The predicted octanol–water partition coefficient (Wildman–Crippen LogP) is 5.36. The lowest BCUT2D eigenvalue weighted by Gasteiger charge is -2.13. The van der Waals surface area contributed by atoms with Crippen LogP contribution < -0.4 is 14.8 Å². The van der Waals surface area contributed by atoms with Crippen LogP contribution in [0.4, 0.5) is 5.69 Å². The second kappa shape index (κ2) is 8.59. The highest BCUT2D eigenvalue weighted by Crippen LogP contribution is 2.29. The van der Waals surface area contributed by atoms with Crippen molar-refractivity contribution in [1.82, 2.24) is 9.38 Å². The number of hydrogen-bond acceptors (Lipinski definition) is 5. The van der Waals surface area contributed by atoms with Crippen LogP contribution in [0.1, 0.15) is 24.2 Å². The highest BCUT2D eigenvalue weighted by Gasteiger charge is 2.12. The summed E-state index contributed by atoms with van der Waals surface area (Å²) >= 11 is 1.60. The first-order valence-electron chi connectivity index (χ1n) is 9.68. The van der Waals surface area contributed by atoms with Crippen LogP contribution in [0.2, 0.25) is 0 Å². The monoisotopic (exact) mass is 421 g/mol. The fourth-order valence-corrected chi connectivity index (χ4v) is 3.68. The van der Waals surface area contributed by atoms with E-state index in [0.717, 1.165) is 16.2 Å². The number of thiazole rings is 1. The van der Waals surface area contributed by atoms with Crippen molar-refractivity contribution < 1.29 is 14.3 Å². The normalized spacial score (nSPS) is 11.1. The Morgan fingerprint density at radius 2 is 1.97 bits per heavy atom. The summed E-state index contributed by atoms with van der Waals surface area (Å²) in [5.41, 5.74) is 3.12. The summed E-state index contributed by atoms with van der Waals surface area (Å²) in [5.74, 6) is 1.36. The minimum atomic E-state index is -0.209. The van der Waals surface area contributed by atoms with Gasteiger partial charge in [0.05, 0.1) is 19.4 Å². The van der Waals surface area contributed by atoms with Gasteiger partial charge in [-0.05, 0) is 36.2 Å². The highest BCUT2D eigenvalue weighted by atomic mass is 32.1. The van der Waals surface area contributed by atoms with E-state index in [0.29, 0.717) is 35.3 Å². The molecule has 0 radical (unpaired) electrons. The third-order valence-electron chi connectivity index (χ3n) is 4.53. The van der Waals surface area contributed by atoms with E-state index >= 15 is 0 Å². The van der Waals surface area contributed by atoms with Crippen LogP contribution in [0.5, 0.6) is 11.5 Å². The molecular weight excluding hydrogens is 398 g/mol. The van der Waals surface area contributed by atoms with Gasteiger partial charge in [-0.15, -0.1) is 11.3 Å². The molecule has 7 heteroatoms. The lowest BCUT2D eigenvalue weighted by molar-refractivity contribution is 0.102. The molecule has 0 atom stereocenters. The van der Waals surface area contributed by atoms with Gasteiger partial charge in [0.15, 0.2) is 16.5 Å². The first-order chi connectivity index (χ1) is 14.5. The van der Waals surface area contributed by atoms with Gasteiger partial charge in [0, 0.05) is 34.6 Å². The van der Waals surface area contributed by atoms with Gasteiger partial charge in [-0.3, -0.25) is 9.20 Å². The van der Waals surface area contributed by atoms with Gasteiger partial charge in [0.25, 0.3) is 5.91 Å². The Bertz CT molecular complexity index is 1130. The second-order valence-corrected chi connectivity index (χ2v) is 8.19. The Morgan fingerprint density at radius 3 is 2.67 bits per heavy atom. The molecule has 2 aromatic carbocycles. The zero-order valence-electron chi connectivity index (χ0n) is 17.1. The predicted molar refractivity (Wildman–Crippen MR) is 120 cm³/mol. The van der Waals surface area contributed by atoms with Gasteiger partial charge in [0.2, 0.25) is 0 Å². The second-order valence-electron chi connectivity index (χ2n) is 7.32. The molecule has 4 rings (SSSR count). The number of methoxy groups -OCH3 is 1. The zero-order chi connectivity index (χ0) is 21.1. The fraction of sp³-hybridized carbons (Fsp3) is 0.217. The topological polar surface area (TPSA) is 64.9 Å². The molecule has 1 amide bonds. The lowest BCUT2D eigenvalue weighted by Crippen LogP contribution is -2.12. The largest absolute Gasteiger partial charge is 0.493 e. The fourth-order valence-electron chi connectivity index (χ4n) is 2.98. The van der Waals surface area contributed by atoms with E-state index < -0.39 is 0 Å². The molecule has 4 aromatic rings. The van der Waals surface area contributed by atoms with Gasteiger partial charge in [-0.2, -0.15) is 0 Å². The first kappa shape index (κ1) is 20.0. The van der Waals surface area contributed by atoms with E-state index in [1.807, 2.05) is 46.4 Å². The van der Waals surface area contributed by atoms with Crippen molar-refractivity contribution in [1.29, 1.82) is 0 Å². The van der Waals surface area contributed by atoms with Crippen LogP contribution in [0.15, 0.2) is 60.2 Å². The summed E-state index contributed by atoms with van der Waals surface area (Å²) in [6, 6.07) is 12.8. The highest BCUT2D eigenvalue weighted by molar-refractivity contribution is 7.15. The molecule has 0 saturated carbocycles. The van der Waals surface area contributed by atoms with Crippen molar-refractivity contribution in [3.05, 3.63) is 65.8 Å². The summed E-state index contributed by atoms with van der Waals surface area (Å²) in [6.07, 6.45) is 3.98. The molecule has 0 saturated heterocycles. The number of rotatable bonds is 7. The summed E-state index contributed by atoms with van der Waals surface area (Å²) in [4.78, 5) is 18.2. The van der Waals surface area contributed by atoms with Crippen LogP contribution in [0.25, 0.3) is 16.2 Å². The molecule has 1 N–H and O–H groups in total. The summed E-state index contributed by atoms with van der Waals surface area (Å²) in [5, 5.41) is 4.92. The minimum Gasteiger partial charge on any atom is -0.493 e. The SMILES string of the molecule is COc1cc(C(=O)Nc2ccc(-c3cn4ccsc4n3)cc2)ccc1OCC(C)C. The number of imidazole rings is 1. The number of aromatic nitrogens is 2. The van der Waals surface area contributed by atoms with Crippen LogP contribution in [-0.4, -0.2) is 29.0 Å². The van der Waals surface area contributed by atoms with E-state index in [1.165, 1.54) is 0 Å². The number of fused-ring (bicyclic) bond motifs is 1. The molecule has 0 bridgehead atoms. The molecule has 2 aromatic heterocycles. The molecule has 154 valence electrons. The Kier molecular flexibility index (Phi) is 5.72. The van der Waals surface area contributed by atoms with Gasteiger partial charge in [-0.25, -0.2) is 4.98 Å². The van der Waals surface area contributed by atoms with Crippen molar-refractivity contribution in [2.45, 2.75) is 13.8 Å². The first-order valence-corrected chi connectivity index (χ1v) is 10.6. The number of ether oxygens (including phenoxy) is 2. The number of anilines is 1. The van der Waals surface area contributed by atoms with E-state index in [2.05, 4.69) is 24.1 Å². The van der Waals surface area contributed by atoms with Crippen molar-refractivity contribution in [2.75, 3.05) is 19.0 Å². The number of amides is 1. The molecule has 0 fully saturated rings. The molecule has 2 heterocycles. The van der Waals surface area contributed by atoms with Crippen LogP contribution >= 0.6 is 11.3 Å². The molecule has 30 heavy (non-hydrogen) atoms. The van der Waals surface area contributed by atoms with Gasteiger partial charge >= 0.3 is 0 Å². The van der Waals surface area contributed by atoms with Crippen molar-refractivity contribution in [3.63, 3.8) is 0 Å². The van der Waals surface area contributed by atoms with Crippen LogP contribution in [0, 0.1) is 5.92 Å². The standard InChI is InChI=1S/C23H23N3O3S/c1-15(2)14-29-20-9-6-17(12-21(20)28-3)22(27)24-18-7-4-16(5-8-18)19-13-26-10-11-30-23(26)25-19/h4-13,15H,14H2,1-3H3,(H,24,27). The lowest BCUT2D eigenvalue weighted by atomic mass is 10.1. The Balaban J connectivity index is 1.46. The molecule has 0 aliphatic heterocycles. The number of carbonyl (C=O) groups is 1. The van der Waals surface area contributed by atoms with E-state index in [-0.39, 0.29) is 5.91 Å². The van der Waals surface area contributed by atoms with E-state index in [9.17, 15) is 4.79 Å². The maximum absolute atomic E-state index is 12.7. The number of benzene rings is 2. The smallest absolute Gasteiger partial charge is 0.255 e. The number of carbonyl (C=O) groups excluding carboxylic acids is 1. The van der Waals surface area contributed by atoms with Crippen molar-refractivity contribution in [2.24, 2.45) is 5.92 Å². The van der Waals surface area contributed by atoms with Crippen molar-refractivity contribution >= 4 is 27.9 Å². The molecule has 6 nitrogen and oxygen atoms in total. The number of nitrogens with zero attached hydrogens (tertiary/aromatic N) is 2. The maximum atomic E-state index is 12.7. The van der Waals surface area contributed by atoms with Gasteiger partial charge in [-0.1, -0.05) is 26.0 Å². The molecule has 0 unspecified atom stereocenters. The Morgan fingerprint density at radius 1 is 1.17 bits per heavy atom. The Hall–Kier alpha value is -3.32. The minimum absolute atomic E-state index is 0.209. The maximum Gasteiger partial charge on any atom is 0.255 e. The summed E-state index contributed by atoms with van der Waals surface area (Å²) in [6.45, 7) is 4.74. The third-order valence-corrected chi connectivity index (χ3v) is 5.30. The van der Waals surface area contributed by atoms with Crippen LogP contribution in [0.3, 0.4) is 0 Å². The molecule has 0 aliphatic carbocycles. The number of nitrogens with one attached hydrogen (secondary N) is 1. The van der Waals surface area contributed by atoms with Gasteiger partial charge in [0.1, 0.15) is 0 Å². The third kappa shape index (κ3) is 4.31. The Labute approximate surface area is 179 Å². The zero-order valence-corrected chi connectivity index (χ0v) is 17.9. The average molecular weight is 422 g/mol. The quantitative estimate of drug-likeness (QED) is 0.436. The van der Waals surface area contributed by atoms with E-state index in [4.69, 9.17) is 9.47 Å².